The van der Waals surface area contributed by atoms with Gasteiger partial charge in [-0.25, -0.2) is 9.18 Å². The molecule has 0 saturated carbocycles. The first-order valence-electron chi connectivity index (χ1n) is 7.98. The molecule has 6 heteroatoms. The molecular weight excluding hydrogens is 331 g/mol. The van der Waals surface area contributed by atoms with Crippen LogP contribution in [-0.4, -0.2) is 24.1 Å². The molecule has 0 N–H and O–H groups in total. The maximum Gasteiger partial charge on any atom is 0.330 e. The van der Waals surface area contributed by atoms with Crippen molar-refractivity contribution in [2.45, 2.75) is 45.4 Å². The quantitative estimate of drug-likeness (QED) is 0.816. The summed E-state index contributed by atoms with van der Waals surface area (Å²) in [6, 6.07) is 6.92. The maximum absolute atomic E-state index is 13.8. The Balaban J connectivity index is 2.13. The van der Waals surface area contributed by atoms with Crippen molar-refractivity contribution < 1.29 is 14.0 Å². The summed E-state index contributed by atoms with van der Waals surface area (Å²) < 4.78 is 13.8. The SMILES string of the molecule is CC(C)(C)C(=O)ON1CCC(CC#N)(c2ccc(Cl)c(F)c2)CC1. The Labute approximate surface area is 147 Å². The zero-order valence-corrected chi connectivity index (χ0v) is 15.0. The number of hydrogen-bond donors (Lipinski definition) is 0. The van der Waals surface area contributed by atoms with Crippen LogP contribution in [0.15, 0.2) is 18.2 Å². The Kier molecular flexibility index (Phi) is 5.52. The van der Waals surface area contributed by atoms with E-state index in [9.17, 15) is 14.4 Å². The number of halogens is 2. The monoisotopic (exact) mass is 352 g/mol. The summed E-state index contributed by atoms with van der Waals surface area (Å²) in [6.45, 7) is 6.42. The third-order valence-electron chi connectivity index (χ3n) is 4.45. The first-order valence-corrected chi connectivity index (χ1v) is 8.36. The van der Waals surface area contributed by atoms with E-state index in [-0.39, 0.29) is 17.4 Å². The van der Waals surface area contributed by atoms with Crippen molar-refractivity contribution in [1.29, 1.82) is 5.26 Å². The molecule has 0 atom stereocenters. The third kappa shape index (κ3) is 4.06. The highest BCUT2D eigenvalue weighted by Crippen LogP contribution is 2.39. The summed E-state index contributed by atoms with van der Waals surface area (Å²) in [5.74, 6) is -0.763. The number of nitrogens with zero attached hydrogens (tertiary/aromatic N) is 2. The van der Waals surface area contributed by atoms with E-state index >= 15 is 0 Å². The van der Waals surface area contributed by atoms with E-state index in [1.165, 1.54) is 12.1 Å². The van der Waals surface area contributed by atoms with Crippen LogP contribution in [0, 0.1) is 22.6 Å². The second-order valence-electron chi connectivity index (χ2n) is 7.30. The standard InChI is InChI=1S/C18H22ClFN2O2/c1-17(2,3)16(23)24-22-10-7-18(6-9-21,8-11-22)13-4-5-14(19)15(20)12-13/h4-5,12H,6-8,10-11H2,1-3H3. The summed E-state index contributed by atoms with van der Waals surface area (Å²) >= 11 is 5.76. The molecule has 130 valence electrons. The van der Waals surface area contributed by atoms with Crippen molar-refractivity contribution in [2.75, 3.05) is 13.1 Å². The van der Waals surface area contributed by atoms with Gasteiger partial charge in [-0.05, 0) is 51.3 Å². The van der Waals surface area contributed by atoms with Crippen LogP contribution < -0.4 is 0 Å². The van der Waals surface area contributed by atoms with Crippen LogP contribution in [0.4, 0.5) is 4.39 Å². The van der Waals surface area contributed by atoms with Gasteiger partial charge in [0.2, 0.25) is 0 Å². The van der Waals surface area contributed by atoms with Crippen LogP contribution >= 0.6 is 11.6 Å². The Hall–Kier alpha value is -1.64. The lowest BCUT2D eigenvalue weighted by atomic mass is 9.71. The van der Waals surface area contributed by atoms with Gasteiger partial charge < -0.3 is 4.84 Å². The molecule has 1 heterocycles. The van der Waals surface area contributed by atoms with E-state index in [0.717, 1.165) is 5.56 Å². The largest absolute Gasteiger partial charge is 0.367 e. The number of piperidine rings is 1. The number of benzene rings is 1. The molecule has 1 saturated heterocycles. The Bertz CT molecular complexity index is 656. The number of rotatable bonds is 3. The van der Waals surface area contributed by atoms with Crippen molar-refractivity contribution in [3.63, 3.8) is 0 Å². The van der Waals surface area contributed by atoms with Crippen LogP contribution in [-0.2, 0) is 15.0 Å². The van der Waals surface area contributed by atoms with Gasteiger partial charge in [0.1, 0.15) is 5.82 Å². The van der Waals surface area contributed by atoms with Crippen molar-refractivity contribution in [1.82, 2.24) is 5.06 Å². The zero-order valence-electron chi connectivity index (χ0n) is 14.2. The lowest BCUT2D eigenvalue weighted by Crippen LogP contribution is -2.44. The summed E-state index contributed by atoms with van der Waals surface area (Å²) in [5.41, 5.74) is -0.238. The summed E-state index contributed by atoms with van der Waals surface area (Å²) in [5, 5.41) is 10.9. The topological polar surface area (TPSA) is 53.3 Å². The van der Waals surface area contributed by atoms with E-state index in [1.54, 1.807) is 31.9 Å². The predicted octanol–water partition coefficient (Wildman–Crippen LogP) is 4.23. The van der Waals surface area contributed by atoms with Crippen molar-refractivity contribution >= 4 is 17.6 Å². The van der Waals surface area contributed by atoms with E-state index < -0.39 is 16.6 Å². The number of hydroxylamine groups is 2. The molecule has 1 aliphatic heterocycles. The second-order valence-corrected chi connectivity index (χ2v) is 7.71. The van der Waals surface area contributed by atoms with Gasteiger partial charge in [-0.15, -0.1) is 5.06 Å². The molecule has 2 rings (SSSR count). The van der Waals surface area contributed by atoms with Crippen LogP contribution in [0.5, 0.6) is 0 Å². The fourth-order valence-electron chi connectivity index (χ4n) is 2.80. The molecule has 0 aliphatic carbocycles. The van der Waals surface area contributed by atoms with Crippen LogP contribution in [0.3, 0.4) is 0 Å². The fourth-order valence-corrected chi connectivity index (χ4v) is 2.92. The Morgan fingerprint density at radius 3 is 2.54 bits per heavy atom. The molecule has 1 aromatic carbocycles. The fraction of sp³-hybridized carbons (Fsp3) is 0.556. The van der Waals surface area contributed by atoms with Gasteiger partial charge in [0.25, 0.3) is 0 Å². The van der Waals surface area contributed by atoms with Gasteiger partial charge in [-0.2, -0.15) is 5.26 Å². The van der Waals surface area contributed by atoms with Gasteiger partial charge in [-0.1, -0.05) is 17.7 Å². The van der Waals surface area contributed by atoms with E-state index in [4.69, 9.17) is 16.4 Å². The van der Waals surface area contributed by atoms with Crippen LogP contribution in [0.25, 0.3) is 0 Å². The zero-order chi connectivity index (χ0) is 18.0. The minimum absolute atomic E-state index is 0.0717. The molecule has 0 amide bonds. The minimum Gasteiger partial charge on any atom is -0.367 e. The molecule has 1 aliphatic rings. The molecule has 0 bridgehead atoms. The number of nitriles is 1. The molecule has 24 heavy (non-hydrogen) atoms. The number of hydrogen-bond acceptors (Lipinski definition) is 4. The van der Waals surface area contributed by atoms with Gasteiger partial charge >= 0.3 is 5.97 Å². The molecule has 0 radical (unpaired) electrons. The average Bonchev–Trinajstić information content (AvgIpc) is 2.51. The van der Waals surface area contributed by atoms with Gasteiger partial charge in [-0.3, -0.25) is 0 Å². The normalized spacial score (nSPS) is 18.0. The average molecular weight is 353 g/mol. The van der Waals surface area contributed by atoms with Crippen LogP contribution in [0.2, 0.25) is 5.02 Å². The van der Waals surface area contributed by atoms with Gasteiger partial charge in [0.05, 0.1) is 16.5 Å². The Morgan fingerprint density at radius 1 is 1.42 bits per heavy atom. The number of carbonyl (C=O) groups excluding carboxylic acids is 1. The first kappa shape index (κ1) is 18.7. The molecule has 4 nitrogen and oxygen atoms in total. The van der Waals surface area contributed by atoms with E-state index in [1.807, 2.05) is 0 Å². The van der Waals surface area contributed by atoms with Gasteiger partial charge in [0.15, 0.2) is 0 Å². The highest BCUT2D eigenvalue weighted by Gasteiger charge is 2.38. The summed E-state index contributed by atoms with van der Waals surface area (Å²) in [4.78, 5) is 17.4. The summed E-state index contributed by atoms with van der Waals surface area (Å²) in [6.07, 6.45) is 1.51. The first-order chi connectivity index (χ1) is 11.2. The van der Waals surface area contributed by atoms with E-state index in [2.05, 4.69) is 6.07 Å². The summed E-state index contributed by atoms with van der Waals surface area (Å²) in [7, 11) is 0. The Morgan fingerprint density at radius 2 is 2.04 bits per heavy atom. The molecular formula is C18H22ClFN2O2. The highest BCUT2D eigenvalue weighted by molar-refractivity contribution is 6.30. The molecule has 0 spiro atoms. The minimum atomic E-state index is -0.569. The predicted molar refractivity (Wildman–Crippen MR) is 89.7 cm³/mol. The molecule has 0 aromatic heterocycles. The van der Waals surface area contributed by atoms with Crippen molar-refractivity contribution in [3.8, 4) is 6.07 Å². The smallest absolute Gasteiger partial charge is 0.330 e. The van der Waals surface area contributed by atoms with Gasteiger partial charge in [0, 0.05) is 24.9 Å². The van der Waals surface area contributed by atoms with Crippen LogP contribution in [0.1, 0.15) is 45.6 Å². The lowest BCUT2D eigenvalue weighted by Gasteiger charge is -2.40. The third-order valence-corrected chi connectivity index (χ3v) is 4.76. The molecule has 1 fully saturated rings. The molecule has 1 aromatic rings. The number of carbonyl (C=O) groups is 1. The maximum atomic E-state index is 13.8. The van der Waals surface area contributed by atoms with E-state index in [0.29, 0.717) is 25.9 Å². The van der Waals surface area contributed by atoms with Crippen molar-refractivity contribution in [2.24, 2.45) is 5.41 Å². The second kappa shape index (κ2) is 7.08. The molecule has 0 unspecified atom stereocenters. The highest BCUT2D eigenvalue weighted by atomic mass is 35.5. The lowest BCUT2D eigenvalue weighted by molar-refractivity contribution is -0.207. The van der Waals surface area contributed by atoms with Crippen molar-refractivity contribution in [3.05, 3.63) is 34.6 Å².